The van der Waals surface area contributed by atoms with E-state index in [0.29, 0.717) is 5.56 Å². The Labute approximate surface area is 447 Å². The van der Waals surface area contributed by atoms with Crippen LogP contribution >= 0.6 is 0 Å². The van der Waals surface area contributed by atoms with E-state index in [1.807, 2.05) is 6.07 Å². The molecule has 0 aliphatic carbocycles. The van der Waals surface area contributed by atoms with Gasteiger partial charge in [-0.2, -0.15) is 0 Å². The molecule has 0 aromatic heterocycles. The van der Waals surface area contributed by atoms with Crippen molar-refractivity contribution in [2.75, 3.05) is 13.2 Å². The van der Waals surface area contributed by atoms with E-state index in [0.717, 1.165) is 0 Å². The third-order valence-corrected chi connectivity index (χ3v) is 12.9. The van der Waals surface area contributed by atoms with E-state index in [1.165, 1.54) is 60.7 Å². The Morgan fingerprint density at radius 3 is 1.15 bits per heavy atom. The topological polar surface area (TPSA) is 204 Å². The minimum Gasteiger partial charge on any atom is -0.459 e. The van der Waals surface area contributed by atoms with Crippen molar-refractivity contribution in [3.63, 3.8) is 0 Å². The molecule has 0 saturated carbocycles. The second-order valence-electron chi connectivity index (χ2n) is 18.0. The summed E-state index contributed by atoms with van der Waals surface area (Å²) in [5.41, 5.74) is 1.19. The summed E-state index contributed by atoms with van der Waals surface area (Å²) in [5, 5.41) is 0. The van der Waals surface area contributed by atoms with Crippen molar-refractivity contribution in [2.24, 2.45) is 0 Å². The van der Waals surface area contributed by atoms with Gasteiger partial charge in [-0.3, -0.25) is 0 Å². The maximum atomic E-state index is 14.5. The predicted octanol–water partition coefficient (Wildman–Crippen LogP) is 8.55. The van der Waals surface area contributed by atoms with E-state index in [9.17, 15) is 28.8 Å². The van der Waals surface area contributed by atoms with E-state index >= 15 is 0 Å². The smallest absolute Gasteiger partial charge is 0.340 e. The highest BCUT2D eigenvalue weighted by molar-refractivity contribution is 5.92. The molecule has 3 aliphatic heterocycles. The predicted molar refractivity (Wildman–Crippen MR) is 273 cm³/mol. The number of esters is 6. The quantitative estimate of drug-likeness (QED) is 0.0657. The minimum atomic E-state index is -1.91. The molecule has 17 nitrogen and oxygen atoms in total. The fourth-order valence-corrected chi connectivity index (χ4v) is 9.01. The first-order valence-corrected chi connectivity index (χ1v) is 25.0. The summed E-state index contributed by atoms with van der Waals surface area (Å²) in [4.78, 5) is 85.4. The van der Waals surface area contributed by atoms with Gasteiger partial charge in [0.1, 0.15) is 31.0 Å². The maximum Gasteiger partial charge on any atom is 0.340 e. The Kier molecular flexibility index (Phi) is 16.8. The number of benzene rings is 7. The molecule has 78 heavy (non-hydrogen) atoms. The standard InChI is InChI=1S/C61H50O17/c62-53(38-22-8-1-9-23-38)68-36-45-48(50(73-55(64)40-26-12-3-13-27-40)52(75-57(66)42-30-16-5-17-31-42)61(71-45)78-58(67)43-32-18-6-19-33-43)77-60-51(74-56(65)41-28-14-4-15-29-41)49(72-54(63)39-24-10-2-11-25-39)47-46(70-60)37-69-59(76-47)44-34-20-7-21-35-44/h1-35,45-52,59-61H,36-37H2/t45?,46?,47-,48+,49?,50?,51?,52?,59?,60-,61-/m0/s1. The van der Waals surface area contributed by atoms with Crippen LogP contribution in [0.5, 0.6) is 0 Å². The van der Waals surface area contributed by atoms with Crippen LogP contribution in [-0.2, 0) is 52.1 Å². The van der Waals surface area contributed by atoms with Crippen LogP contribution in [-0.4, -0.2) is 110 Å². The van der Waals surface area contributed by atoms with Crippen molar-refractivity contribution in [2.45, 2.75) is 67.7 Å². The summed E-state index contributed by atoms with van der Waals surface area (Å²) in [7, 11) is 0. The fourth-order valence-electron chi connectivity index (χ4n) is 9.01. The molecule has 10 rings (SSSR count). The van der Waals surface area contributed by atoms with Crippen molar-refractivity contribution in [3.8, 4) is 0 Å². The number of carbonyl (C=O) groups is 6. The van der Waals surface area contributed by atoms with E-state index in [-0.39, 0.29) is 40.0 Å². The van der Waals surface area contributed by atoms with Crippen molar-refractivity contribution in [1.82, 2.24) is 0 Å². The van der Waals surface area contributed by atoms with E-state index in [2.05, 4.69) is 0 Å². The van der Waals surface area contributed by atoms with Gasteiger partial charge in [0.2, 0.25) is 12.4 Å². The highest BCUT2D eigenvalue weighted by Crippen LogP contribution is 2.40. The second-order valence-corrected chi connectivity index (χ2v) is 18.0. The zero-order valence-corrected chi connectivity index (χ0v) is 41.4. The molecular weight excluding hydrogens is 1000 g/mol. The molecule has 0 radical (unpaired) electrons. The van der Waals surface area contributed by atoms with Gasteiger partial charge < -0.3 is 52.1 Å². The Balaban J connectivity index is 1.10. The zero-order valence-electron chi connectivity index (χ0n) is 41.4. The van der Waals surface area contributed by atoms with Gasteiger partial charge in [-0.25, -0.2) is 28.8 Å². The molecule has 0 amide bonds. The molecule has 7 aromatic carbocycles. The molecule has 3 fully saturated rings. The van der Waals surface area contributed by atoms with Crippen molar-refractivity contribution < 1.29 is 80.9 Å². The minimum absolute atomic E-state index is 0.0459. The zero-order chi connectivity index (χ0) is 53.8. The lowest BCUT2D eigenvalue weighted by Gasteiger charge is -2.50. The first-order chi connectivity index (χ1) is 38.2. The van der Waals surface area contributed by atoms with Crippen LogP contribution in [0.2, 0.25) is 0 Å². The first-order valence-electron chi connectivity index (χ1n) is 25.0. The largest absolute Gasteiger partial charge is 0.459 e. The third-order valence-electron chi connectivity index (χ3n) is 12.9. The molecule has 7 aromatic rings. The molecular formula is C61H50O17. The molecule has 11 atom stereocenters. The van der Waals surface area contributed by atoms with Gasteiger partial charge in [0.25, 0.3) is 0 Å². The van der Waals surface area contributed by atoms with Crippen LogP contribution in [0.25, 0.3) is 0 Å². The molecule has 0 bridgehead atoms. The lowest BCUT2D eigenvalue weighted by Crippen LogP contribution is -2.68. The molecule has 17 heteroatoms. The van der Waals surface area contributed by atoms with Gasteiger partial charge in [0.15, 0.2) is 30.9 Å². The molecule has 0 N–H and O–H groups in total. The summed E-state index contributed by atoms with van der Waals surface area (Å²) in [6.07, 6.45) is -17.5. The lowest BCUT2D eigenvalue weighted by molar-refractivity contribution is -0.381. The number of hydrogen-bond donors (Lipinski definition) is 0. The highest BCUT2D eigenvalue weighted by atomic mass is 16.8. The number of ether oxygens (including phenoxy) is 11. The number of hydrogen-bond acceptors (Lipinski definition) is 17. The summed E-state index contributed by atoms with van der Waals surface area (Å²) in [5.74, 6) is -5.39. The van der Waals surface area contributed by atoms with Gasteiger partial charge in [-0.1, -0.05) is 140 Å². The van der Waals surface area contributed by atoms with Gasteiger partial charge in [0.05, 0.1) is 40.0 Å². The second kappa shape index (κ2) is 24.9. The SMILES string of the molecule is O=C(OCC1O[C@@H](OC(=O)c2ccccc2)C(OC(=O)c2ccccc2)C(OC(=O)c2ccccc2)[C@@H]1O[C@@H]1OC2COC(c3ccccc3)O[C@@H]2C(OC(=O)c2ccccc2)C1OC(=O)c1ccccc1)c1ccccc1. The third kappa shape index (κ3) is 12.5. The molecule has 3 aliphatic rings. The average Bonchev–Trinajstić information content (AvgIpc) is 3.59. The molecule has 7 unspecified atom stereocenters. The molecule has 0 spiro atoms. The Morgan fingerprint density at radius 1 is 0.359 bits per heavy atom. The van der Waals surface area contributed by atoms with E-state index in [4.69, 9.17) is 52.1 Å². The first kappa shape index (κ1) is 52.6. The van der Waals surface area contributed by atoms with Gasteiger partial charge in [0, 0.05) is 5.56 Å². The van der Waals surface area contributed by atoms with Crippen molar-refractivity contribution >= 4 is 35.8 Å². The Bertz CT molecular complexity index is 3130. The number of carbonyl (C=O) groups excluding carboxylic acids is 6. The highest BCUT2D eigenvalue weighted by Gasteiger charge is 2.59. The van der Waals surface area contributed by atoms with Crippen LogP contribution in [0, 0.1) is 0 Å². The average molecular weight is 1060 g/mol. The maximum absolute atomic E-state index is 14.5. The molecule has 3 saturated heterocycles. The van der Waals surface area contributed by atoms with Crippen LogP contribution in [0.3, 0.4) is 0 Å². The van der Waals surface area contributed by atoms with Crippen molar-refractivity contribution in [1.29, 1.82) is 0 Å². The van der Waals surface area contributed by atoms with Crippen LogP contribution < -0.4 is 0 Å². The molecule has 3 heterocycles. The van der Waals surface area contributed by atoms with Gasteiger partial charge >= 0.3 is 35.8 Å². The lowest BCUT2D eigenvalue weighted by atomic mass is 9.95. The number of fused-ring (bicyclic) bond motifs is 1. The Morgan fingerprint density at radius 2 is 0.718 bits per heavy atom. The fraction of sp³-hybridized carbons (Fsp3) is 0.213. The normalized spacial score (nSPS) is 24.4. The van der Waals surface area contributed by atoms with E-state index < -0.39 is 110 Å². The van der Waals surface area contributed by atoms with Crippen molar-refractivity contribution in [3.05, 3.63) is 251 Å². The van der Waals surface area contributed by atoms with Crippen LogP contribution in [0.4, 0.5) is 0 Å². The number of rotatable bonds is 16. The van der Waals surface area contributed by atoms with Gasteiger partial charge in [-0.15, -0.1) is 0 Å². The monoisotopic (exact) mass is 1050 g/mol. The Hall–Kier alpha value is -8.84. The van der Waals surface area contributed by atoms with Crippen LogP contribution in [0.1, 0.15) is 74.0 Å². The summed E-state index contributed by atoms with van der Waals surface area (Å²) in [6.45, 7) is -0.884. The van der Waals surface area contributed by atoms with Gasteiger partial charge in [-0.05, 0) is 72.8 Å². The summed E-state index contributed by atoms with van der Waals surface area (Å²) >= 11 is 0. The molecule has 396 valence electrons. The van der Waals surface area contributed by atoms with Crippen LogP contribution in [0.15, 0.2) is 212 Å². The van der Waals surface area contributed by atoms with E-state index in [1.54, 1.807) is 146 Å². The summed E-state index contributed by atoms with van der Waals surface area (Å²) in [6, 6.07) is 56.7. The summed E-state index contributed by atoms with van der Waals surface area (Å²) < 4.78 is 70.3.